The number of nitrogens with one attached hydrogen (secondary N) is 1. The van der Waals surface area contributed by atoms with E-state index < -0.39 is 11.8 Å². The van der Waals surface area contributed by atoms with Crippen LogP contribution in [-0.2, 0) is 22.7 Å². The van der Waals surface area contributed by atoms with Gasteiger partial charge >= 0.3 is 11.8 Å². The Kier molecular flexibility index (Phi) is 6.69. The van der Waals surface area contributed by atoms with E-state index in [1.54, 1.807) is 65.4 Å². The number of rotatable bonds is 7. The first-order valence-corrected chi connectivity index (χ1v) is 10.7. The van der Waals surface area contributed by atoms with Crippen LogP contribution in [0, 0.1) is 0 Å². The highest BCUT2D eigenvalue weighted by atomic mass is 16.5. The van der Waals surface area contributed by atoms with Gasteiger partial charge in [-0.15, -0.1) is 0 Å². The molecule has 0 atom stereocenters. The van der Waals surface area contributed by atoms with Crippen molar-refractivity contribution in [3.8, 4) is 5.75 Å². The predicted octanol–water partition coefficient (Wildman–Crippen LogP) is 3.32. The molecule has 3 aromatic carbocycles. The fourth-order valence-electron chi connectivity index (χ4n) is 3.71. The van der Waals surface area contributed by atoms with Gasteiger partial charge in [0.2, 0.25) is 0 Å². The summed E-state index contributed by atoms with van der Waals surface area (Å²) in [7, 11) is 1.57. The molecule has 168 valence electrons. The first-order chi connectivity index (χ1) is 16.0. The minimum Gasteiger partial charge on any atom is -0.497 e. The van der Waals surface area contributed by atoms with Crippen molar-refractivity contribution in [1.29, 1.82) is 0 Å². The first-order valence-electron chi connectivity index (χ1n) is 10.7. The van der Waals surface area contributed by atoms with Crippen LogP contribution >= 0.6 is 0 Å². The van der Waals surface area contributed by atoms with Crippen molar-refractivity contribution in [1.82, 2.24) is 9.80 Å². The topological polar surface area (TPSA) is 79.0 Å². The van der Waals surface area contributed by atoms with Gasteiger partial charge in [-0.05, 0) is 35.4 Å². The van der Waals surface area contributed by atoms with E-state index in [0.717, 1.165) is 11.1 Å². The van der Waals surface area contributed by atoms with Crippen LogP contribution in [0.1, 0.15) is 21.5 Å². The fourth-order valence-corrected chi connectivity index (χ4v) is 3.71. The summed E-state index contributed by atoms with van der Waals surface area (Å²) < 4.78 is 5.17. The van der Waals surface area contributed by atoms with Crippen LogP contribution in [0.15, 0.2) is 78.9 Å². The zero-order valence-corrected chi connectivity index (χ0v) is 18.4. The number of amides is 3. The van der Waals surface area contributed by atoms with Crippen molar-refractivity contribution >= 4 is 23.4 Å². The van der Waals surface area contributed by atoms with E-state index in [2.05, 4.69) is 5.32 Å². The number of hydrogen-bond acceptors (Lipinski definition) is 4. The van der Waals surface area contributed by atoms with Crippen LogP contribution in [0.3, 0.4) is 0 Å². The second-order valence-corrected chi connectivity index (χ2v) is 7.82. The lowest BCUT2D eigenvalue weighted by Crippen LogP contribution is -2.53. The van der Waals surface area contributed by atoms with Gasteiger partial charge in [-0.25, -0.2) is 0 Å². The van der Waals surface area contributed by atoms with Gasteiger partial charge < -0.3 is 19.9 Å². The van der Waals surface area contributed by atoms with Gasteiger partial charge in [0, 0.05) is 43.5 Å². The third-order valence-electron chi connectivity index (χ3n) is 5.53. The van der Waals surface area contributed by atoms with Crippen molar-refractivity contribution in [3.63, 3.8) is 0 Å². The molecule has 1 fully saturated rings. The van der Waals surface area contributed by atoms with Crippen molar-refractivity contribution in [2.75, 3.05) is 25.5 Å². The zero-order chi connectivity index (χ0) is 23.2. The number of hydrogen-bond donors (Lipinski definition) is 1. The zero-order valence-electron chi connectivity index (χ0n) is 18.4. The third kappa shape index (κ3) is 5.38. The molecule has 0 bridgehead atoms. The van der Waals surface area contributed by atoms with Gasteiger partial charge in [0.15, 0.2) is 0 Å². The van der Waals surface area contributed by atoms with Crippen molar-refractivity contribution in [2.24, 2.45) is 0 Å². The molecule has 0 unspecified atom stereocenters. The van der Waals surface area contributed by atoms with Crippen LogP contribution in [-0.4, -0.2) is 47.7 Å². The van der Waals surface area contributed by atoms with Crippen molar-refractivity contribution in [2.45, 2.75) is 13.1 Å². The van der Waals surface area contributed by atoms with Crippen LogP contribution in [0.4, 0.5) is 5.69 Å². The van der Waals surface area contributed by atoms with Gasteiger partial charge in [-0.2, -0.15) is 0 Å². The minimum absolute atomic E-state index is 0.240. The molecular formula is C26H25N3O4. The smallest absolute Gasteiger partial charge is 0.312 e. The molecule has 3 amide bonds. The number of methoxy groups -OCH3 is 1. The summed E-state index contributed by atoms with van der Waals surface area (Å²) in [5, 5.41) is 2.84. The molecule has 1 N–H and O–H groups in total. The molecule has 33 heavy (non-hydrogen) atoms. The SMILES string of the molecule is COc1cccc(NC(=O)c2ccc(CN3CCN(Cc4ccccc4)C(=O)C3=O)cc2)c1. The number of carbonyl (C=O) groups is 3. The molecule has 0 aromatic heterocycles. The molecular weight excluding hydrogens is 418 g/mol. The maximum atomic E-state index is 12.6. The summed E-state index contributed by atoms with van der Waals surface area (Å²) >= 11 is 0. The van der Waals surface area contributed by atoms with E-state index in [4.69, 9.17) is 4.74 Å². The number of carbonyl (C=O) groups excluding carboxylic acids is 3. The quantitative estimate of drug-likeness (QED) is 0.568. The first kappa shape index (κ1) is 22.1. The van der Waals surface area contributed by atoms with E-state index in [0.29, 0.717) is 43.2 Å². The average molecular weight is 444 g/mol. The standard InChI is InChI=1S/C26H25N3O4/c1-33-23-9-5-8-22(16-23)27-24(30)21-12-10-20(11-13-21)18-29-15-14-28(25(31)26(29)32)17-19-6-3-2-4-7-19/h2-13,16H,14-15,17-18H2,1H3,(H,27,30). The second kappa shape index (κ2) is 9.99. The van der Waals surface area contributed by atoms with Crippen LogP contribution < -0.4 is 10.1 Å². The highest BCUT2D eigenvalue weighted by molar-refractivity contribution is 6.35. The Morgan fingerprint density at radius 1 is 0.818 bits per heavy atom. The number of benzene rings is 3. The lowest BCUT2D eigenvalue weighted by Gasteiger charge is -2.33. The number of nitrogens with zero attached hydrogens (tertiary/aromatic N) is 2. The highest BCUT2D eigenvalue weighted by Gasteiger charge is 2.32. The van der Waals surface area contributed by atoms with Crippen LogP contribution in [0.2, 0.25) is 0 Å². The Bertz CT molecular complexity index is 1150. The Hall–Kier alpha value is -4.13. The number of piperazine rings is 1. The Morgan fingerprint density at radius 2 is 1.42 bits per heavy atom. The molecule has 4 rings (SSSR count). The maximum Gasteiger partial charge on any atom is 0.312 e. The van der Waals surface area contributed by atoms with Gasteiger partial charge in [0.25, 0.3) is 5.91 Å². The normalized spacial score (nSPS) is 13.7. The molecule has 0 radical (unpaired) electrons. The number of anilines is 1. The monoisotopic (exact) mass is 443 g/mol. The molecule has 3 aromatic rings. The summed E-state index contributed by atoms with van der Waals surface area (Å²) in [5.41, 5.74) is 2.98. The molecule has 1 saturated heterocycles. The van der Waals surface area contributed by atoms with E-state index in [9.17, 15) is 14.4 Å². The average Bonchev–Trinajstić information content (AvgIpc) is 2.85. The molecule has 7 heteroatoms. The van der Waals surface area contributed by atoms with E-state index >= 15 is 0 Å². The maximum absolute atomic E-state index is 12.6. The molecule has 0 aliphatic carbocycles. The second-order valence-electron chi connectivity index (χ2n) is 7.82. The summed E-state index contributed by atoms with van der Waals surface area (Å²) in [6, 6.07) is 23.8. The predicted molar refractivity (Wildman–Crippen MR) is 125 cm³/mol. The van der Waals surface area contributed by atoms with E-state index in [1.165, 1.54) is 0 Å². The Labute approximate surface area is 192 Å². The molecule has 0 spiro atoms. The lowest BCUT2D eigenvalue weighted by molar-refractivity contribution is -0.156. The van der Waals surface area contributed by atoms with Gasteiger partial charge in [0.05, 0.1) is 7.11 Å². The van der Waals surface area contributed by atoms with E-state index in [-0.39, 0.29) is 5.91 Å². The minimum atomic E-state index is -0.503. The Morgan fingerprint density at radius 3 is 2.03 bits per heavy atom. The molecule has 1 aliphatic heterocycles. The molecule has 0 saturated carbocycles. The fraction of sp³-hybridized carbons (Fsp3) is 0.192. The van der Waals surface area contributed by atoms with E-state index in [1.807, 2.05) is 30.3 Å². The summed E-state index contributed by atoms with van der Waals surface area (Å²) in [6.07, 6.45) is 0. The number of ether oxygens (including phenoxy) is 1. The third-order valence-corrected chi connectivity index (χ3v) is 5.53. The van der Waals surface area contributed by atoms with Crippen molar-refractivity contribution in [3.05, 3.63) is 95.6 Å². The summed E-state index contributed by atoms with van der Waals surface area (Å²) in [6.45, 7) is 1.70. The van der Waals surface area contributed by atoms with Crippen molar-refractivity contribution < 1.29 is 19.1 Å². The highest BCUT2D eigenvalue weighted by Crippen LogP contribution is 2.18. The molecule has 1 heterocycles. The largest absolute Gasteiger partial charge is 0.497 e. The van der Waals surface area contributed by atoms with Crippen LogP contribution in [0.5, 0.6) is 5.75 Å². The van der Waals surface area contributed by atoms with Gasteiger partial charge in [0.1, 0.15) is 5.75 Å². The molecule has 1 aliphatic rings. The van der Waals surface area contributed by atoms with Crippen LogP contribution in [0.25, 0.3) is 0 Å². The van der Waals surface area contributed by atoms with Gasteiger partial charge in [-0.3, -0.25) is 14.4 Å². The molecule has 7 nitrogen and oxygen atoms in total. The summed E-state index contributed by atoms with van der Waals surface area (Å²) in [5.74, 6) is -0.571. The lowest BCUT2D eigenvalue weighted by atomic mass is 10.1. The van der Waals surface area contributed by atoms with Gasteiger partial charge in [-0.1, -0.05) is 48.5 Å². The summed E-state index contributed by atoms with van der Waals surface area (Å²) in [4.78, 5) is 40.9. The Balaban J connectivity index is 1.34.